The Morgan fingerprint density at radius 3 is 2.59 bits per heavy atom. The fraction of sp³-hybridized carbons (Fsp3) is 0.435. The van der Waals surface area contributed by atoms with E-state index in [2.05, 4.69) is 15.3 Å². The van der Waals surface area contributed by atoms with E-state index in [-0.39, 0.29) is 17.9 Å². The summed E-state index contributed by atoms with van der Waals surface area (Å²) in [4.78, 5) is 23.5. The highest BCUT2D eigenvalue weighted by molar-refractivity contribution is 7.20. The van der Waals surface area contributed by atoms with Gasteiger partial charge in [-0.15, -0.1) is 11.3 Å². The first-order valence-electron chi connectivity index (χ1n) is 10.4. The highest BCUT2D eigenvalue weighted by Gasteiger charge is 2.35. The minimum Gasteiger partial charge on any atom is -0.480 e. The second-order valence-electron chi connectivity index (χ2n) is 7.90. The number of aromatic nitrogens is 2. The summed E-state index contributed by atoms with van der Waals surface area (Å²) in [7, 11) is 3.15. The Kier molecular flexibility index (Phi) is 6.95. The molecule has 0 saturated carbocycles. The van der Waals surface area contributed by atoms with Crippen molar-refractivity contribution in [3.63, 3.8) is 0 Å². The number of hydrogen-bond acceptors (Lipinski definition) is 7. The average Bonchev–Trinajstić information content (AvgIpc) is 3.14. The Morgan fingerprint density at radius 2 is 1.94 bits per heavy atom. The van der Waals surface area contributed by atoms with Gasteiger partial charge in [-0.3, -0.25) is 4.79 Å². The maximum absolute atomic E-state index is 13.2. The number of nitrogens with zero attached hydrogens (tertiary/aromatic N) is 2. The Morgan fingerprint density at radius 1 is 1.22 bits per heavy atom. The number of ether oxygens (including phenoxy) is 3. The van der Waals surface area contributed by atoms with Crippen LogP contribution in [0.2, 0.25) is 5.02 Å². The van der Waals surface area contributed by atoms with Crippen LogP contribution in [0.15, 0.2) is 24.3 Å². The van der Waals surface area contributed by atoms with E-state index in [0.717, 1.165) is 29.4 Å². The standard InChI is InChI=1S/C23H26ClN3O4S/c1-14-18-21(30-3)26-17(12-29-2)27-22(18)32-19(14)20(28)25-13-23(8-10-31-11-9-23)15-4-6-16(24)7-5-15/h4-7H,8-13H2,1-3H3,(H,25,28). The predicted octanol–water partition coefficient (Wildman–Crippen LogP) is 4.29. The van der Waals surface area contributed by atoms with Gasteiger partial charge in [0.1, 0.15) is 11.4 Å². The van der Waals surface area contributed by atoms with Gasteiger partial charge in [-0.25, -0.2) is 4.98 Å². The molecule has 1 N–H and O–H groups in total. The number of nitrogens with one attached hydrogen (secondary N) is 1. The molecule has 9 heteroatoms. The number of benzene rings is 1. The van der Waals surface area contributed by atoms with Gasteiger partial charge in [-0.2, -0.15) is 4.98 Å². The predicted molar refractivity (Wildman–Crippen MR) is 125 cm³/mol. The van der Waals surface area contributed by atoms with Crippen LogP contribution >= 0.6 is 22.9 Å². The fourth-order valence-corrected chi connectivity index (χ4v) is 5.40. The number of thiophene rings is 1. The first-order valence-corrected chi connectivity index (χ1v) is 11.6. The summed E-state index contributed by atoms with van der Waals surface area (Å²) < 4.78 is 16.2. The lowest BCUT2D eigenvalue weighted by atomic mass is 9.74. The van der Waals surface area contributed by atoms with Crippen molar-refractivity contribution in [3.05, 3.63) is 51.1 Å². The normalized spacial score (nSPS) is 15.6. The summed E-state index contributed by atoms with van der Waals surface area (Å²) in [5, 5.41) is 4.63. The van der Waals surface area contributed by atoms with Gasteiger partial charge in [-0.1, -0.05) is 23.7 Å². The Hall–Kier alpha value is -2.26. The summed E-state index contributed by atoms with van der Waals surface area (Å²) in [5.74, 6) is 0.853. The minimum absolute atomic E-state index is 0.124. The number of amides is 1. The van der Waals surface area contributed by atoms with Crippen LogP contribution < -0.4 is 10.1 Å². The quantitative estimate of drug-likeness (QED) is 0.549. The maximum Gasteiger partial charge on any atom is 0.261 e. The number of aryl methyl sites for hydroxylation is 1. The van der Waals surface area contributed by atoms with Crippen LogP contribution in [0.1, 0.15) is 39.5 Å². The second kappa shape index (κ2) is 9.70. The van der Waals surface area contributed by atoms with Gasteiger partial charge in [0, 0.05) is 37.3 Å². The number of hydrogen-bond donors (Lipinski definition) is 1. The van der Waals surface area contributed by atoms with E-state index < -0.39 is 0 Å². The molecule has 3 heterocycles. The number of halogens is 1. The molecule has 1 aromatic carbocycles. The number of carbonyl (C=O) groups is 1. The van der Waals surface area contributed by atoms with E-state index in [9.17, 15) is 4.79 Å². The molecule has 170 valence electrons. The number of rotatable bonds is 7. The van der Waals surface area contributed by atoms with Crippen LogP contribution in [0, 0.1) is 6.92 Å². The molecular weight excluding hydrogens is 450 g/mol. The van der Waals surface area contributed by atoms with E-state index in [1.165, 1.54) is 11.3 Å². The molecule has 0 radical (unpaired) electrons. The van der Waals surface area contributed by atoms with Crippen LogP contribution in [-0.2, 0) is 21.5 Å². The highest BCUT2D eigenvalue weighted by Crippen LogP contribution is 2.37. The average molecular weight is 476 g/mol. The minimum atomic E-state index is -0.188. The molecule has 1 fully saturated rings. The molecule has 0 unspecified atom stereocenters. The van der Waals surface area contributed by atoms with E-state index in [0.29, 0.717) is 46.2 Å². The molecule has 32 heavy (non-hydrogen) atoms. The van der Waals surface area contributed by atoms with Gasteiger partial charge in [0.2, 0.25) is 5.88 Å². The lowest BCUT2D eigenvalue weighted by Crippen LogP contribution is -2.44. The third-order valence-electron chi connectivity index (χ3n) is 5.97. The molecule has 1 aliphatic heterocycles. The SMILES string of the molecule is COCc1nc(OC)c2c(C)c(C(=O)NCC3(c4ccc(Cl)cc4)CCOCC3)sc2n1. The van der Waals surface area contributed by atoms with Crippen molar-refractivity contribution in [1.29, 1.82) is 0 Å². The first-order chi connectivity index (χ1) is 15.5. The Labute approximate surface area is 196 Å². The molecule has 4 rings (SSSR count). The van der Waals surface area contributed by atoms with Crippen LogP contribution in [0.25, 0.3) is 10.2 Å². The topological polar surface area (TPSA) is 82.6 Å². The number of carbonyl (C=O) groups excluding carboxylic acids is 1. The van der Waals surface area contributed by atoms with Crippen molar-refractivity contribution in [1.82, 2.24) is 15.3 Å². The van der Waals surface area contributed by atoms with Crippen LogP contribution in [-0.4, -0.2) is 49.9 Å². The van der Waals surface area contributed by atoms with Gasteiger partial charge in [0.05, 0.1) is 17.4 Å². The Balaban J connectivity index is 1.61. The molecule has 2 aromatic heterocycles. The van der Waals surface area contributed by atoms with Crippen molar-refractivity contribution in [2.45, 2.75) is 31.8 Å². The van der Waals surface area contributed by atoms with E-state index in [1.807, 2.05) is 31.2 Å². The summed E-state index contributed by atoms with van der Waals surface area (Å²) in [6, 6.07) is 7.88. The Bertz CT molecular complexity index is 1110. The molecule has 0 bridgehead atoms. The zero-order chi connectivity index (χ0) is 22.7. The third kappa shape index (κ3) is 4.45. The van der Waals surface area contributed by atoms with Crippen molar-refractivity contribution in [2.24, 2.45) is 0 Å². The van der Waals surface area contributed by atoms with Gasteiger partial charge in [0.25, 0.3) is 5.91 Å². The molecule has 7 nitrogen and oxygen atoms in total. The fourth-order valence-electron chi connectivity index (χ4n) is 4.16. The summed E-state index contributed by atoms with van der Waals surface area (Å²) in [5.41, 5.74) is 1.79. The zero-order valence-corrected chi connectivity index (χ0v) is 19.9. The lowest BCUT2D eigenvalue weighted by Gasteiger charge is -2.38. The van der Waals surface area contributed by atoms with Gasteiger partial charge >= 0.3 is 0 Å². The molecule has 3 aromatic rings. The van der Waals surface area contributed by atoms with Gasteiger partial charge in [0.15, 0.2) is 5.82 Å². The molecule has 0 aliphatic carbocycles. The lowest BCUT2D eigenvalue weighted by molar-refractivity contribution is 0.0487. The number of methoxy groups -OCH3 is 2. The summed E-state index contributed by atoms with van der Waals surface area (Å²) in [6.07, 6.45) is 1.67. The van der Waals surface area contributed by atoms with Crippen molar-refractivity contribution >= 4 is 39.1 Å². The van der Waals surface area contributed by atoms with Crippen molar-refractivity contribution < 1.29 is 19.0 Å². The number of fused-ring (bicyclic) bond motifs is 1. The van der Waals surface area contributed by atoms with E-state index >= 15 is 0 Å². The summed E-state index contributed by atoms with van der Waals surface area (Å²) in [6.45, 7) is 4.02. The molecular formula is C23H26ClN3O4S. The molecule has 0 spiro atoms. The molecule has 1 amide bonds. The highest BCUT2D eigenvalue weighted by atomic mass is 35.5. The van der Waals surface area contributed by atoms with Crippen LogP contribution in [0.3, 0.4) is 0 Å². The van der Waals surface area contributed by atoms with Crippen molar-refractivity contribution in [2.75, 3.05) is 34.0 Å². The maximum atomic E-state index is 13.2. The van der Waals surface area contributed by atoms with Crippen LogP contribution in [0.4, 0.5) is 0 Å². The monoisotopic (exact) mass is 475 g/mol. The zero-order valence-electron chi connectivity index (χ0n) is 18.4. The smallest absolute Gasteiger partial charge is 0.261 e. The second-order valence-corrected chi connectivity index (χ2v) is 9.34. The van der Waals surface area contributed by atoms with Crippen molar-refractivity contribution in [3.8, 4) is 5.88 Å². The summed E-state index contributed by atoms with van der Waals surface area (Å²) >= 11 is 7.44. The first kappa shape index (κ1) is 22.9. The molecule has 1 aliphatic rings. The third-order valence-corrected chi connectivity index (χ3v) is 7.41. The largest absolute Gasteiger partial charge is 0.480 e. The van der Waals surface area contributed by atoms with E-state index in [1.54, 1.807) is 14.2 Å². The van der Waals surface area contributed by atoms with Gasteiger partial charge in [-0.05, 0) is 43.0 Å². The van der Waals surface area contributed by atoms with E-state index in [4.69, 9.17) is 25.8 Å². The van der Waals surface area contributed by atoms with Gasteiger partial charge < -0.3 is 19.5 Å². The molecule has 1 saturated heterocycles. The van der Waals surface area contributed by atoms with Crippen LogP contribution in [0.5, 0.6) is 5.88 Å². The molecule has 0 atom stereocenters.